The van der Waals surface area contributed by atoms with E-state index in [4.69, 9.17) is 18.6 Å². The molecule has 0 bridgehead atoms. The third-order valence-electron chi connectivity index (χ3n) is 1.52. The Morgan fingerprint density at radius 1 is 0.952 bits per heavy atom. The van der Waals surface area contributed by atoms with Crippen LogP contribution in [0, 0.1) is 20.7 Å². The van der Waals surface area contributed by atoms with Gasteiger partial charge >= 0.3 is 17.1 Å². The Morgan fingerprint density at radius 2 is 1.24 bits per heavy atom. The van der Waals surface area contributed by atoms with Crippen molar-refractivity contribution in [2.75, 3.05) is 13.1 Å². The predicted octanol–water partition coefficient (Wildman–Crippen LogP) is -2.69. The van der Waals surface area contributed by atoms with Gasteiger partial charge in [0.05, 0.1) is 14.9 Å². The Labute approximate surface area is 134 Å². The van der Waals surface area contributed by atoms with E-state index in [-0.39, 0.29) is 17.1 Å². The first-order valence-electron chi connectivity index (χ1n) is 5.17. The first kappa shape index (κ1) is 24.9. The number of aliphatic imine (C=N–C) groups is 2. The maximum Gasteiger partial charge on any atom is 2.00 e. The summed E-state index contributed by atoms with van der Waals surface area (Å²) in [5.41, 5.74) is 1.21. The number of halogens is 1. The van der Waals surface area contributed by atoms with Gasteiger partial charge in [0.15, 0.2) is 0 Å². The monoisotopic (exact) mass is 373 g/mol. The maximum absolute atomic E-state index is 9.81. The van der Waals surface area contributed by atoms with Gasteiger partial charge in [-0.15, -0.1) is 0 Å². The van der Waals surface area contributed by atoms with E-state index in [1.54, 1.807) is 13.8 Å². The molecule has 0 aromatic carbocycles. The van der Waals surface area contributed by atoms with Crippen LogP contribution >= 0.6 is 0 Å². The molecular weight excluding hydrogens is 359 g/mol. The van der Waals surface area contributed by atoms with Crippen molar-refractivity contribution in [3.8, 4) is 0 Å². The fourth-order valence-electron chi connectivity index (χ4n) is 0.816. The van der Waals surface area contributed by atoms with Crippen LogP contribution in [0.4, 0.5) is 0 Å². The third-order valence-corrected chi connectivity index (χ3v) is 1.52. The number of hydrogen-bond donors (Lipinski definition) is 1. The number of hydrogen-bond acceptors (Lipinski definition) is 10. The second-order valence-electron chi connectivity index (χ2n) is 3.26. The Bertz CT molecular complexity index is 336. The van der Waals surface area contributed by atoms with E-state index >= 15 is 0 Å². The topological polar surface area (TPSA) is 185 Å². The molecule has 1 radical (unpaired) electrons. The van der Waals surface area contributed by atoms with Crippen molar-refractivity contribution in [1.82, 2.24) is 0 Å². The summed E-state index contributed by atoms with van der Waals surface area (Å²) in [6.07, 6.45) is 3.09. The molecule has 0 aliphatic heterocycles. The molecule has 0 heterocycles. The first-order valence-corrected chi connectivity index (χ1v) is 6.43. The van der Waals surface area contributed by atoms with Crippen molar-refractivity contribution >= 4 is 23.9 Å². The SMILES string of the molecule is CC(/C=N/[O-])=NCCCN=C(C)/C=N/[O-].[Cu+2].[O-][Cl+3]([O-])([O-])O. The van der Waals surface area contributed by atoms with Gasteiger partial charge in [-0.05, 0) is 20.3 Å². The minimum atomic E-state index is -4.69. The van der Waals surface area contributed by atoms with Gasteiger partial charge < -0.3 is 20.7 Å². The summed E-state index contributed by atoms with van der Waals surface area (Å²) in [6, 6.07) is 0. The van der Waals surface area contributed by atoms with Gasteiger partial charge in [0.25, 0.3) is 0 Å². The molecule has 21 heavy (non-hydrogen) atoms. The average Bonchev–Trinajstić information content (AvgIpc) is 2.27. The first-order chi connectivity index (χ1) is 9.20. The second-order valence-corrected chi connectivity index (χ2v) is 4.06. The third kappa shape index (κ3) is 32.5. The zero-order chi connectivity index (χ0) is 16.0. The summed E-state index contributed by atoms with van der Waals surface area (Å²) in [6.45, 7) is 4.59. The van der Waals surface area contributed by atoms with Crippen LogP contribution in [0.1, 0.15) is 20.3 Å². The molecule has 0 saturated heterocycles. The minimum absolute atomic E-state index is 0. The van der Waals surface area contributed by atoms with Crippen LogP contribution in [0.25, 0.3) is 0 Å². The molecule has 0 saturated carbocycles. The minimum Gasteiger partial charge on any atom is -0.792 e. The molecule has 0 aliphatic rings. The largest absolute Gasteiger partial charge is 2.00 e. The zero-order valence-corrected chi connectivity index (χ0v) is 12.9. The molecule has 0 atom stereocenters. The summed E-state index contributed by atoms with van der Waals surface area (Å²) in [4.78, 5) is 8.12. The van der Waals surface area contributed by atoms with Crippen LogP contribution in [-0.2, 0) is 17.1 Å². The van der Waals surface area contributed by atoms with E-state index in [9.17, 15) is 10.4 Å². The van der Waals surface area contributed by atoms with Crippen LogP contribution in [0.15, 0.2) is 20.3 Å². The average molecular weight is 374 g/mol. The molecule has 0 rings (SSSR count). The fourth-order valence-corrected chi connectivity index (χ4v) is 0.816. The molecule has 0 aromatic rings. The van der Waals surface area contributed by atoms with Gasteiger partial charge in [-0.2, -0.15) is 14.0 Å². The Kier molecular flexibility index (Phi) is 18.2. The molecule has 12 heteroatoms. The molecule has 125 valence electrons. The van der Waals surface area contributed by atoms with Crippen LogP contribution < -0.4 is 14.0 Å². The molecule has 0 aliphatic carbocycles. The quantitative estimate of drug-likeness (QED) is 0.228. The van der Waals surface area contributed by atoms with Gasteiger partial charge in [0, 0.05) is 36.9 Å². The van der Waals surface area contributed by atoms with Crippen LogP contribution in [0.2, 0.25) is 0 Å². The molecule has 0 amide bonds. The van der Waals surface area contributed by atoms with Gasteiger partial charge in [0.1, 0.15) is 0 Å². The summed E-state index contributed by atoms with van der Waals surface area (Å²) in [7, 11) is -4.69. The summed E-state index contributed by atoms with van der Waals surface area (Å²) in [5, 5.41) is 24.8. The van der Waals surface area contributed by atoms with E-state index < -0.39 is 10.2 Å². The van der Waals surface area contributed by atoms with Gasteiger partial charge in [-0.1, -0.05) is 0 Å². The van der Waals surface area contributed by atoms with E-state index in [1.165, 1.54) is 12.4 Å². The Morgan fingerprint density at radius 3 is 1.48 bits per heavy atom. The Hall–Kier alpha value is -1.07. The van der Waals surface area contributed by atoms with Crippen molar-refractivity contribution < 1.29 is 45.9 Å². The normalized spacial score (nSPS) is 13.0. The van der Waals surface area contributed by atoms with E-state index in [0.29, 0.717) is 24.5 Å². The molecule has 1 N–H and O–H groups in total. The standard InChI is InChI=1S/C9H16N4O2.ClHO4.Cu/c1-8(6-12-14)10-4-3-5-11-9(2)7-13-15;2-1(3,4)5;/h6-7,14-15H,3-5H2,1-2H3;(H,2,3,4,5);/q;;+2/p-2/b10-8?,11-9?,12-6+,13-7+;;. The summed E-state index contributed by atoms with van der Waals surface area (Å²) < 4.78 is 32.7. The van der Waals surface area contributed by atoms with Crippen molar-refractivity contribution in [1.29, 1.82) is 0 Å². The molecule has 0 fully saturated rings. The van der Waals surface area contributed by atoms with Gasteiger partial charge in [-0.25, -0.2) is 0 Å². The van der Waals surface area contributed by atoms with Crippen LogP contribution in [0.5, 0.6) is 0 Å². The molecule has 0 unspecified atom stereocenters. The van der Waals surface area contributed by atoms with Crippen LogP contribution in [0.3, 0.4) is 0 Å². The van der Waals surface area contributed by atoms with E-state index in [2.05, 4.69) is 20.3 Å². The summed E-state index contributed by atoms with van der Waals surface area (Å²) in [5.74, 6) is 0. The van der Waals surface area contributed by atoms with E-state index in [1.807, 2.05) is 0 Å². The van der Waals surface area contributed by atoms with Crippen molar-refractivity contribution in [3.05, 3.63) is 10.4 Å². The Balaban J connectivity index is -0.000000465. The smallest absolute Gasteiger partial charge is 0.792 e. The van der Waals surface area contributed by atoms with Crippen molar-refractivity contribution in [2.24, 2.45) is 20.3 Å². The fraction of sp³-hybridized carbons (Fsp3) is 0.556. The van der Waals surface area contributed by atoms with Crippen LogP contribution in [-0.4, -0.2) is 41.6 Å². The second kappa shape index (κ2) is 15.3. The molecule has 0 spiro atoms. The number of rotatable bonds is 6. The van der Waals surface area contributed by atoms with Crippen molar-refractivity contribution in [2.45, 2.75) is 20.3 Å². The zero-order valence-electron chi connectivity index (χ0n) is 11.2. The summed E-state index contributed by atoms with van der Waals surface area (Å²) >= 11 is 0. The van der Waals surface area contributed by atoms with Gasteiger partial charge in [-0.3, -0.25) is 9.98 Å². The van der Waals surface area contributed by atoms with Crippen molar-refractivity contribution in [3.63, 3.8) is 0 Å². The maximum atomic E-state index is 9.81. The molecule has 0 aromatic heterocycles. The number of nitrogens with zero attached hydrogens (tertiary/aromatic N) is 4. The van der Waals surface area contributed by atoms with Gasteiger partial charge in [0.2, 0.25) is 0 Å². The molecular formula is C9H15ClCuN4O6. The molecule has 10 nitrogen and oxygen atoms in total. The van der Waals surface area contributed by atoms with E-state index in [0.717, 1.165) is 6.42 Å². The predicted molar refractivity (Wildman–Crippen MR) is 66.5 cm³/mol.